The highest BCUT2D eigenvalue weighted by Gasteiger charge is 2.22. The molecule has 2 heterocycles. The predicted octanol–water partition coefficient (Wildman–Crippen LogP) is 2.90. The second kappa shape index (κ2) is 8.25. The van der Waals surface area contributed by atoms with Crippen LogP contribution in [0.2, 0.25) is 0 Å². The number of hydrogen-bond donors (Lipinski definition) is 2. The van der Waals surface area contributed by atoms with Crippen molar-refractivity contribution in [3.63, 3.8) is 0 Å². The Kier molecular flexibility index (Phi) is 6.07. The summed E-state index contributed by atoms with van der Waals surface area (Å²) in [4.78, 5) is 32.2. The number of rotatable bonds is 7. The maximum Gasteiger partial charge on any atom is 0.226 e. The normalized spacial score (nSPS) is 10.3. The Hall–Kier alpha value is -3.21. The van der Waals surface area contributed by atoms with Gasteiger partial charge in [0.2, 0.25) is 17.7 Å². The summed E-state index contributed by atoms with van der Waals surface area (Å²) < 4.78 is 5.36. The van der Waals surface area contributed by atoms with Crippen LogP contribution in [0.1, 0.15) is 52.8 Å². The van der Waals surface area contributed by atoms with E-state index in [1.807, 2.05) is 26.0 Å². The van der Waals surface area contributed by atoms with Gasteiger partial charge in [-0.05, 0) is 40.2 Å². The monoisotopic (exact) mass is 355 g/mol. The summed E-state index contributed by atoms with van der Waals surface area (Å²) in [6.45, 7) is 7.24. The van der Waals surface area contributed by atoms with Gasteiger partial charge in [-0.25, -0.2) is 9.97 Å². The molecule has 0 atom stereocenters. The molecular formula is C18H21N5O3. The van der Waals surface area contributed by atoms with Crippen molar-refractivity contribution in [2.75, 3.05) is 17.2 Å². The number of amides is 1. The van der Waals surface area contributed by atoms with Gasteiger partial charge in [-0.15, -0.1) is 0 Å². The van der Waals surface area contributed by atoms with E-state index in [2.05, 4.69) is 20.6 Å². The highest BCUT2D eigenvalue weighted by molar-refractivity contribution is 6.00. The predicted molar refractivity (Wildman–Crippen MR) is 96.0 cm³/mol. The summed E-state index contributed by atoms with van der Waals surface area (Å²) in [6.07, 6.45) is 0.765. The van der Waals surface area contributed by atoms with Crippen molar-refractivity contribution in [3.8, 4) is 6.07 Å². The maximum absolute atomic E-state index is 12.1. The summed E-state index contributed by atoms with van der Waals surface area (Å²) >= 11 is 0. The van der Waals surface area contributed by atoms with Gasteiger partial charge >= 0.3 is 0 Å². The molecule has 26 heavy (non-hydrogen) atoms. The minimum absolute atomic E-state index is 0.0193. The number of furan rings is 1. The molecule has 0 aromatic carbocycles. The van der Waals surface area contributed by atoms with Gasteiger partial charge < -0.3 is 9.73 Å². The maximum atomic E-state index is 12.1. The van der Waals surface area contributed by atoms with Crippen LogP contribution in [0.3, 0.4) is 0 Å². The first-order chi connectivity index (χ1) is 12.3. The van der Waals surface area contributed by atoms with Crippen LogP contribution in [-0.2, 0) is 4.79 Å². The molecule has 0 bridgehead atoms. The second-order valence-electron chi connectivity index (χ2n) is 5.96. The van der Waals surface area contributed by atoms with Crippen molar-refractivity contribution in [2.24, 2.45) is 0 Å². The SMILES string of the molecule is CC(=O)c1c(C)oc(NC(=O)CCCNc2nc(C)cc(C)n2)c1C#N. The molecule has 0 aliphatic rings. The highest BCUT2D eigenvalue weighted by atomic mass is 16.4. The number of anilines is 2. The fraction of sp³-hybridized carbons (Fsp3) is 0.389. The zero-order chi connectivity index (χ0) is 19.3. The van der Waals surface area contributed by atoms with Gasteiger partial charge in [-0.1, -0.05) is 0 Å². The van der Waals surface area contributed by atoms with Crippen molar-refractivity contribution >= 4 is 23.5 Å². The fourth-order valence-corrected chi connectivity index (χ4v) is 2.61. The van der Waals surface area contributed by atoms with Crippen molar-refractivity contribution in [1.29, 1.82) is 5.26 Å². The Bertz CT molecular complexity index is 859. The molecule has 0 aliphatic heterocycles. The van der Waals surface area contributed by atoms with Gasteiger partial charge in [0.15, 0.2) is 5.78 Å². The largest absolute Gasteiger partial charge is 0.443 e. The molecule has 0 unspecified atom stereocenters. The number of Topliss-reactive ketones (excluding diaryl/α,β-unsaturated/α-hetero) is 1. The highest BCUT2D eigenvalue weighted by Crippen LogP contribution is 2.26. The number of nitriles is 1. The van der Waals surface area contributed by atoms with Crippen LogP contribution in [0.25, 0.3) is 0 Å². The topological polar surface area (TPSA) is 121 Å². The summed E-state index contributed by atoms with van der Waals surface area (Å²) in [5, 5.41) is 14.9. The zero-order valence-corrected chi connectivity index (χ0v) is 15.3. The molecule has 0 spiro atoms. The van der Waals surface area contributed by atoms with Gasteiger partial charge in [0.05, 0.1) is 5.56 Å². The van der Waals surface area contributed by atoms with Crippen molar-refractivity contribution in [2.45, 2.75) is 40.5 Å². The van der Waals surface area contributed by atoms with Crippen LogP contribution in [0.5, 0.6) is 0 Å². The van der Waals surface area contributed by atoms with Crippen LogP contribution < -0.4 is 10.6 Å². The summed E-state index contributed by atoms with van der Waals surface area (Å²) in [6, 6.07) is 3.79. The van der Waals surface area contributed by atoms with E-state index in [0.717, 1.165) is 11.4 Å². The van der Waals surface area contributed by atoms with Gasteiger partial charge in [-0.3, -0.25) is 14.9 Å². The molecule has 2 N–H and O–H groups in total. The molecule has 2 aromatic heterocycles. The molecule has 2 aromatic rings. The number of nitrogens with zero attached hydrogens (tertiary/aromatic N) is 3. The van der Waals surface area contributed by atoms with Crippen molar-refractivity contribution in [1.82, 2.24) is 9.97 Å². The average Bonchev–Trinajstić information content (AvgIpc) is 2.86. The fourth-order valence-electron chi connectivity index (χ4n) is 2.61. The van der Waals surface area contributed by atoms with Crippen LogP contribution in [0, 0.1) is 32.1 Å². The zero-order valence-electron chi connectivity index (χ0n) is 15.3. The molecule has 0 saturated heterocycles. The average molecular weight is 355 g/mol. The third-order valence-corrected chi connectivity index (χ3v) is 3.65. The smallest absolute Gasteiger partial charge is 0.226 e. The minimum atomic E-state index is -0.298. The molecular weight excluding hydrogens is 334 g/mol. The molecule has 136 valence electrons. The Morgan fingerprint density at radius 2 is 1.88 bits per heavy atom. The van der Waals surface area contributed by atoms with Crippen LogP contribution in [0.4, 0.5) is 11.8 Å². The number of aromatic nitrogens is 2. The molecule has 1 amide bonds. The third kappa shape index (κ3) is 4.66. The lowest BCUT2D eigenvalue weighted by Crippen LogP contribution is -2.14. The van der Waals surface area contributed by atoms with Crippen molar-refractivity contribution in [3.05, 3.63) is 34.3 Å². The molecule has 0 fully saturated rings. The summed E-state index contributed by atoms with van der Waals surface area (Å²) in [7, 11) is 0. The van der Waals surface area contributed by atoms with Gasteiger partial charge in [0.25, 0.3) is 0 Å². The van der Waals surface area contributed by atoms with E-state index in [1.165, 1.54) is 6.92 Å². The first-order valence-corrected chi connectivity index (χ1v) is 8.22. The van der Waals surface area contributed by atoms with E-state index in [4.69, 9.17) is 4.42 Å². The van der Waals surface area contributed by atoms with E-state index >= 15 is 0 Å². The molecule has 0 radical (unpaired) electrons. The van der Waals surface area contributed by atoms with Crippen LogP contribution in [0.15, 0.2) is 10.5 Å². The summed E-state index contributed by atoms with van der Waals surface area (Å²) in [5.41, 5.74) is 2.01. The quantitative estimate of drug-likeness (QED) is 0.578. The van der Waals surface area contributed by atoms with E-state index in [0.29, 0.717) is 24.7 Å². The Morgan fingerprint density at radius 1 is 1.23 bits per heavy atom. The molecule has 8 heteroatoms. The van der Waals surface area contributed by atoms with Crippen molar-refractivity contribution < 1.29 is 14.0 Å². The summed E-state index contributed by atoms with van der Waals surface area (Å²) in [5.74, 6) is 0.292. The lowest BCUT2D eigenvalue weighted by Gasteiger charge is -2.06. The molecule has 0 saturated carbocycles. The Morgan fingerprint density at radius 3 is 2.46 bits per heavy atom. The molecule has 2 rings (SSSR count). The minimum Gasteiger partial charge on any atom is -0.443 e. The standard InChI is InChI=1S/C18H21N5O3/c1-10-8-11(2)22-18(21-10)20-7-5-6-15(25)23-17-14(9-19)16(12(3)24)13(4)26-17/h8H,5-7H2,1-4H3,(H,23,25)(H,20,21,22). The number of carbonyl (C=O) groups excluding carboxylic acids is 2. The van der Waals surface area contributed by atoms with E-state index in [9.17, 15) is 14.9 Å². The second-order valence-corrected chi connectivity index (χ2v) is 5.96. The Labute approximate surface area is 151 Å². The lowest BCUT2D eigenvalue weighted by atomic mass is 10.1. The number of carbonyl (C=O) groups is 2. The van der Waals surface area contributed by atoms with E-state index in [1.54, 1.807) is 6.92 Å². The van der Waals surface area contributed by atoms with Crippen LogP contribution >= 0.6 is 0 Å². The number of hydrogen-bond acceptors (Lipinski definition) is 7. The first-order valence-electron chi connectivity index (χ1n) is 8.22. The number of aryl methyl sites for hydroxylation is 3. The Balaban J connectivity index is 1.89. The third-order valence-electron chi connectivity index (χ3n) is 3.65. The van der Waals surface area contributed by atoms with E-state index in [-0.39, 0.29) is 35.1 Å². The molecule has 8 nitrogen and oxygen atoms in total. The van der Waals surface area contributed by atoms with E-state index < -0.39 is 0 Å². The number of ketones is 1. The van der Waals surface area contributed by atoms with Gasteiger partial charge in [-0.2, -0.15) is 5.26 Å². The van der Waals surface area contributed by atoms with Crippen LogP contribution in [-0.4, -0.2) is 28.2 Å². The first kappa shape index (κ1) is 19.1. The lowest BCUT2D eigenvalue weighted by molar-refractivity contribution is -0.116. The van der Waals surface area contributed by atoms with Gasteiger partial charge in [0.1, 0.15) is 17.4 Å². The van der Waals surface area contributed by atoms with Gasteiger partial charge in [0, 0.05) is 24.4 Å². The molecule has 0 aliphatic carbocycles. The number of nitrogens with one attached hydrogen (secondary N) is 2.